The van der Waals surface area contributed by atoms with E-state index in [1.165, 1.54) is 0 Å². The molecule has 3 aromatic rings. The van der Waals surface area contributed by atoms with Gasteiger partial charge in [-0.1, -0.05) is 18.2 Å². The van der Waals surface area contributed by atoms with Gasteiger partial charge in [-0.2, -0.15) is 0 Å². The van der Waals surface area contributed by atoms with Gasteiger partial charge in [0.1, 0.15) is 5.82 Å². The fourth-order valence-corrected chi connectivity index (χ4v) is 3.70. The van der Waals surface area contributed by atoms with Gasteiger partial charge < -0.3 is 14.8 Å². The molecule has 0 saturated carbocycles. The maximum atomic E-state index is 12.6. The van der Waals surface area contributed by atoms with E-state index in [1.54, 1.807) is 0 Å². The molecule has 0 spiro atoms. The molecule has 2 heterocycles. The number of likely N-dealkylation sites (N-methyl/N-ethyl adjacent to an activating group) is 1. The minimum Gasteiger partial charge on any atom is -0.330 e. The largest absolute Gasteiger partial charge is 0.330 e. The molecule has 1 N–H and O–H groups in total. The molecule has 146 valence electrons. The zero-order valence-electron chi connectivity index (χ0n) is 16.8. The van der Waals surface area contributed by atoms with Crippen molar-refractivity contribution >= 4 is 22.6 Å². The molecule has 1 aromatic heterocycles. The van der Waals surface area contributed by atoms with Gasteiger partial charge in [-0.05, 0) is 43.8 Å². The summed E-state index contributed by atoms with van der Waals surface area (Å²) in [5.41, 5.74) is 4.42. The molecule has 2 aromatic carbocycles. The predicted octanol–water partition coefficient (Wildman–Crippen LogP) is 2.88. The Kier molecular flexibility index (Phi) is 5.15. The monoisotopic (exact) mass is 377 g/mol. The van der Waals surface area contributed by atoms with Crippen molar-refractivity contribution < 1.29 is 4.79 Å². The average Bonchev–Trinajstić information content (AvgIpc) is 2.99. The highest BCUT2D eigenvalue weighted by Crippen LogP contribution is 2.21. The van der Waals surface area contributed by atoms with Crippen LogP contribution in [-0.2, 0) is 13.6 Å². The van der Waals surface area contributed by atoms with Crippen molar-refractivity contribution in [2.75, 3.05) is 38.5 Å². The number of carbonyl (C=O) groups is 1. The summed E-state index contributed by atoms with van der Waals surface area (Å²) in [7, 11) is 4.23. The van der Waals surface area contributed by atoms with Crippen molar-refractivity contribution in [3.8, 4) is 0 Å². The molecular formula is C22H27N5O. The van der Waals surface area contributed by atoms with Crippen molar-refractivity contribution in [2.45, 2.75) is 13.5 Å². The number of anilines is 1. The van der Waals surface area contributed by atoms with E-state index in [0.717, 1.165) is 60.8 Å². The molecule has 28 heavy (non-hydrogen) atoms. The molecule has 1 aliphatic heterocycles. The molecule has 1 amide bonds. The van der Waals surface area contributed by atoms with Crippen LogP contribution in [0.5, 0.6) is 0 Å². The van der Waals surface area contributed by atoms with Crippen molar-refractivity contribution in [1.29, 1.82) is 0 Å². The number of nitrogens with zero attached hydrogens (tertiary/aromatic N) is 4. The average molecular weight is 377 g/mol. The first kappa shape index (κ1) is 18.7. The fraction of sp³-hybridized carbons (Fsp3) is 0.364. The number of imidazole rings is 1. The Labute approximate surface area is 165 Å². The van der Waals surface area contributed by atoms with Crippen molar-refractivity contribution in [3.63, 3.8) is 0 Å². The number of carbonyl (C=O) groups excluding carboxylic acids is 1. The van der Waals surface area contributed by atoms with Crippen LogP contribution in [0.3, 0.4) is 0 Å². The Morgan fingerprint density at radius 3 is 2.57 bits per heavy atom. The van der Waals surface area contributed by atoms with Gasteiger partial charge in [0.25, 0.3) is 5.91 Å². The first-order chi connectivity index (χ1) is 13.5. The summed E-state index contributed by atoms with van der Waals surface area (Å²) >= 11 is 0. The number of rotatable bonds is 4. The quantitative estimate of drug-likeness (QED) is 0.760. The van der Waals surface area contributed by atoms with Crippen molar-refractivity contribution in [2.24, 2.45) is 7.05 Å². The SMILES string of the molecule is Cc1ccccc1C(=O)Nc1ccc2c(c1)nc(CN1CCN(C)CC1)n2C. The van der Waals surface area contributed by atoms with E-state index in [4.69, 9.17) is 4.98 Å². The van der Waals surface area contributed by atoms with Gasteiger partial charge in [-0.3, -0.25) is 9.69 Å². The van der Waals surface area contributed by atoms with Gasteiger partial charge in [0.15, 0.2) is 0 Å². The Hall–Kier alpha value is -2.70. The number of benzene rings is 2. The molecule has 1 saturated heterocycles. The summed E-state index contributed by atoms with van der Waals surface area (Å²) < 4.78 is 2.15. The molecule has 6 nitrogen and oxygen atoms in total. The number of nitrogens with one attached hydrogen (secondary N) is 1. The maximum Gasteiger partial charge on any atom is 0.255 e. The van der Waals surface area contributed by atoms with Gasteiger partial charge in [0.2, 0.25) is 0 Å². The van der Waals surface area contributed by atoms with Gasteiger partial charge in [0.05, 0.1) is 17.6 Å². The van der Waals surface area contributed by atoms with Crippen LogP contribution in [0.15, 0.2) is 42.5 Å². The van der Waals surface area contributed by atoms with E-state index in [9.17, 15) is 4.79 Å². The molecule has 4 rings (SSSR count). The highest BCUT2D eigenvalue weighted by atomic mass is 16.1. The van der Waals surface area contributed by atoms with Crippen LogP contribution in [0.4, 0.5) is 5.69 Å². The van der Waals surface area contributed by atoms with Crippen LogP contribution in [0.1, 0.15) is 21.7 Å². The number of hydrogen-bond donors (Lipinski definition) is 1. The van der Waals surface area contributed by atoms with Gasteiger partial charge in [-0.25, -0.2) is 4.98 Å². The Bertz CT molecular complexity index is 1000. The molecular weight excluding hydrogens is 350 g/mol. The highest BCUT2D eigenvalue weighted by Gasteiger charge is 2.17. The predicted molar refractivity (Wildman–Crippen MR) is 113 cm³/mol. The lowest BCUT2D eigenvalue weighted by atomic mass is 10.1. The standard InChI is InChI=1S/C22H27N5O/c1-16-6-4-5-7-18(16)22(28)23-17-8-9-20-19(14-17)24-21(26(20)3)15-27-12-10-25(2)11-13-27/h4-9,14H,10-13,15H2,1-3H3,(H,23,28). The summed E-state index contributed by atoms with van der Waals surface area (Å²) in [6, 6.07) is 13.5. The molecule has 0 unspecified atom stereocenters. The van der Waals surface area contributed by atoms with E-state index < -0.39 is 0 Å². The molecule has 6 heteroatoms. The van der Waals surface area contributed by atoms with Crippen LogP contribution in [0, 0.1) is 6.92 Å². The molecule has 1 aliphatic rings. The minimum absolute atomic E-state index is 0.0916. The Balaban J connectivity index is 1.53. The van der Waals surface area contributed by atoms with E-state index >= 15 is 0 Å². The van der Waals surface area contributed by atoms with Gasteiger partial charge >= 0.3 is 0 Å². The van der Waals surface area contributed by atoms with Crippen molar-refractivity contribution in [1.82, 2.24) is 19.4 Å². The summed E-state index contributed by atoms with van der Waals surface area (Å²) in [5, 5.41) is 3.00. The zero-order chi connectivity index (χ0) is 19.7. The van der Waals surface area contributed by atoms with Crippen molar-refractivity contribution in [3.05, 3.63) is 59.4 Å². The second-order valence-electron chi connectivity index (χ2n) is 7.64. The second-order valence-corrected chi connectivity index (χ2v) is 7.64. The maximum absolute atomic E-state index is 12.6. The third-order valence-corrected chi connectivity index (χ3v) is 5.58. The summed E-state index contributed by atoms with van der Waals surface area (Å²) in [5.74, 6) is 0.966. The number of piperazine rings is 1. The highest BCUT2D eigenvalue weighted by molar-refractivity contribution is 6.05. The molecule has 0 bridgehead atoms. The lowest BCUT2D eigenvalue weighted by Gasteiger charge is -2.31. The van der Waals surface area contributed by atoms with Crippen LogP contribution in [0.2, 0.25) is 0 Å². The summed E-state index contributed by atoms with van der Waals surface area (Å²) in [4.78, 5) is 22.2. The van der Waals surface area contributed by atoms with Crippen LogP contribution in [-0.4, -0.2) is 58.5 Å². The van der Waals surface area contributed by atoms with E-state index in [1.807, 2.05) is 49.4 Å². The molecule has 0 aliphatic carbocycles. The van der Waals surface area contributed by atoms with Gasteiger partial charge in [-0.15, -0.1) is 0 Å². The number of fused-ring (bicyclic) bond motifs is 1. The Morgan fingerprint density at radius 2 is 1.82 bits per heavy atom. The first-order valence-corrected chi connectivity index (χ1v) is 9.74. The summed E-state index contributed by atoms with van der Waals surface area (Å²) in [6.07, 6.45) is 0. The molecule has 0 radical (unpaired) electrons. The minimum atomic E-state index is -0.0916. The Morgan fingerprint density at radius 1 is 1.07 bits per heavy atom. The summed E-state index contributed by atoms with van der Waals surface area (Å²) in [6.45, 7) is 7.12. The van der Waals surface area contributed by atoms with E-state index in [0.29, 0.717) is 5.56 Å². The molecule has 1 fully saturated rings. The topological polar surface area (TPSA) is 53.4 Å². The zero-order valence-corrected chi connectivity index (χ0v) is 16.8. The first-order valence-electron chi connectivity index (χ1n) is 9.74. The van der Waals surface area contributed by atoms with E-state index in [2.05, 4.69) is 33.8 Å². The van der Waals surface area contributed by atoms with Crippen LogP contribution >= 0.6 is 0 Å². The second kappa shape index (κ2) is 7.73. The van der Waals surface area contributed by atoms with Gasteiger partial charge in [0, 0.05) is 44.5 Å². The lowest BCUT2D eigenvalue weighted by Crippen LogP contribution is -2.44. The fourth-order valence-electron chi connectivity index (χ4n) is 3.70. The third-order valence-electron chi connectivity index (χ3n) is 5.58. The van der Waals surface area contributed by atoms with Crippen LogP contribution in [0.25, 0.3) is 11.0 Å². The molecule has 0 atom stereocenters. The number of amides is 1. The number of hydrogen-bond acceptors (Lipinski definition) is 4. The normalized spacial score (nSPS) is 15.8. The smallest absolute Gasteiger partial charge is 0.255 e. The number of aryl methyl sites for hydroxylation is 2. The number of aromatic nitrogens is 2. The van der Waals surface area contributed by atoms with E-state index in [-0.39, 0.29) is 5.91 Å². The van der Waals surface area contributed by atoms with Crippen LogP contribution < -0.4 is 5.32 Å². The lowest BCUT2D eigenvalue weighted by molar-refractivity contribution is 0.102. The third kappa shape index (κ3) is 3.79.